The Labute approximate surface area is 167 Å². The highest BCUT2D eigenvalue weighted by Gasteiger charge is 2.20. The fourth-order valence-corrected chi connectivity index (χ4v) is 3.50. The summed E-state index contributed by atoms with van der Waals surface area (Å²) in [7, 11) is 0. The zero-order valence-electron chi connectivity index (χ0n) is 15.5. The average Bonchev–Trinajstić information content (AvgIpc) is 3.09. The van der Waals surface area contributed by atoms with E-state index in [4.69, 9.17) is 0 Å². The first-order chi connectivity index (χ1) is 13.6. The molecule has 1 N–H and O–H groups in total. The van der Waals surface area contributed by atoms with Crippen LogP contribution in [0.5, 0.6) is 0 Å². The van der Waals surface area contributed by atoms with Crippen molar-refractivity contribution < 1.29 is 9.18 Å². The van der Waals surface area contributed by atoms with Crippen LogP contribution in [0.4, 0.5) is 4.39 Å². The number of amides is 1. The van der Waals surface area contributed by atoms with Crippen LogP contribution in [0, 0.1) is 5.82 Å². The molecule has 1 atom stereocenters. The molecule has 0 saturated heterocycles. The highest BCUT2D eigenvalue weighted by Crippen LogP contribution is 2.28. The summed E-state index contributed by atoms with van der Waals surface area (Å²) in [4.78, 5) is 12.2. The Morgan fingerprint density at radius 1 is 1.21 bits per heavy atom. The number of nitrogens with one attached hydrogen (secondary N) is 1. The van der Waals surface area contributed by atoms with Gasteiger partial charge in [0.25, 0.3) is 0 Å². The summed E-state index contributed by atoms with van der Waals surface area (Å²) in [5.74, 6) is 0.229. The van der Waals surface area contributed by atoms with Crippen LogP contribution in [0.25, 0.3) is 11.4 Å². The van der Waals surface area contributed by atoms with Crippen LogP contribution in [0.1, 0.15) is 12.5 Å². The first-order valence-corrected chi connectivity index (χ1v) is 9.74. The zero-order valence-corrected chi connectivity index (χ0v) is 16.3. The van der Waals surface area contributed by atoms with E-state index in [1.54, 1.807) is 18.2 Å². The maximum Gasteiger partial charge on any atom is 0.233 e. The molecule has 28 heavy (non-hydrogen) atoms. The lowest BCUT2D eigenvalue weighted by molar-refractivity contribution is -0.120. The van der Waals surface area contributed by atoms with Crippen LogP contribution in [-0.2, 0) is 11.3 Å². The second-order valence-corrected chi connectivity index (χ2v) is 7.49. The third-order valence-corrected chi connectivity index (χ3v) is 5.16. The quantitative estimate of drug-likeness (QED) is 0.463. The van der Waals surface area contributed by atoms with Gasteiger partial charge in [-0.1, -0.05) is 48.2 Å². The molecule has 0 aliphatic rings. The van der Waals surface area contributed by atoms with E-state index in [1.165, 1.54) is 23.9 Å². The lowest BCUT2D eigenvalue weighted by atomic mass is 10.2. The fourth-order valence-electron chi connectivity index (χ4n) is 2.63. The first-order valence-electron chi connectivity index (χ1n) is 8.87. The van der Waals surface area contributed by atoms with Crippen molar-refractivity contribution in [1.82, 2.24) is 20.1 Å². The molecule has 7 heteroatoms. The molecule has 1 aromatic heterocycles. The minimum atomic E-state index is -0.347. The lowest BCUT2D eigenvalue weighted by Crippen LogP contribution is -2.31. The largest absolute Gasteiger partial charge is 0.352 e. The van der Waals surface area contributed by atoms with Gasteiger partial charge in [-0.15, -0.1) is 16.8 Å². The van der Waals surface area contributed by atoms with Gasteiger partial charge in [-0.3, -0.25) is 9.36 Å². The van der Waals surface area contributed by atoms with Gasteiger partial charge in [0.05, 0.1) is 11.8 Å². The molecule has 0 spiro atoms. The number of thioether (sulfide) groups is 1. The Hall–Kier alpha value is -2.93. The second kappa shape index (κ2) is 9.32. The minimum Gasteiger partial charge on any atom is -0.352 e. The summed E-state index contributed by atoms with van der Waals surface area (Å²) in [5, 5.41) is 11.7. The summed E-state index contributed by atoms with van der Waals surface area (Å²) in [5.41, 5.74) is 1.84. The summed E-state index contributed by atoms with van der Waals surface area (Å²) in [6, 6.07) is 16.1. The maximum atomic E-state index is 13.3. The molecule has 1 heterocycles. The predicted molar refractivity (Wildman–Crippen MR) is 109 cm³/mol. The van der Waals surface area contributed by atoms with Crippen molar-refractivity contribution >= 4 is 17.7 Å². The Morgan fingerprint density at radius 3 is 2.61 bits per heavy atom. The van der Waals surface area contributed by atoms with Crippen molar-refractivity contribution in [3.8, 4) is 11.4 Å². The molecule has 0 bridgehead atoms. The standard InChI is InChI=1S/C21H21FN4OS/c1-3-13-23-20(27)15(2)28-21-25-24-19(17-9-11-18(22)12-10-17)26(21)14-16-7-5-4-6-8-16/h3-12,15H,1,13-14H2,2H3,(H,23,27)/t15-/m0/s1. The molecule has 1 amide bonds. The van der Waals surface area contributed by atoms with Gasteiger partial charge in [-0.2, -0.15) is 0 Å². The number of nitrogens with zero attached hydrogens (tertiary/aromatic N) is 3. The molecule has 0 aliphatic heterocycles. The SMILES string of the molecule is C=CCNC(=O)[C@H](C)Sc1nnc(-c2ccc(F)cc2)n1Cc1ccccc1. The van der Waals surface area contributed by atoms with Crippen LogP contribution < -0.4 is 5.32 Å². The highest BCUT2D eigenvalue weighted by atomic mass is 32.2. The molecule has 3 rings (SSSR count). The average molecular weight is 396 g/mol. The number of halogens is 1. The van der Waals surface area contributed by atoms with Crippen molar-refractivity contribution in [2.45, 2.75) is 23.9 Å². The summed E-state index contributed by atoms with van der Waals surface area (Å²) < 4.78 is 15.3. The monoisotopic (exact) mass is 396 g/mol. The molecular weight excluding hydrogens is 375 g/mol. The predicted octanol–water partition coefficient (Wildman–Crippen LogP) is 3.92. The van der Waals surface area contributed by atoms with Gasteiger partial charge < -0.3 is 5.32 Å². The molecule has 0 aliphatic carbocycles. The van der Waals surface area contributed by atoms with Gasteiger partial charge in [0.1, 0.15) is 5.82 Å². The number of aromatic nitrogens is 3. The number of carbonyl (C=O) groups is 1. The Bertz CT molecular complexity index is 941. The van der Waals surface area contributed by atoms with E-state index in [9.17, 15) is 9.18 Å². The van der Waals surface area contributed by atoms with Gasteiger partial charge in [-0.05, 0) is 36.8 Å². The highest BCUT2D eigenvalue weighted by molar-refractivity contribution is 8.00. The molecule has 0 radical (unpaired) electrons. The van der Waals surface area contributed by atoms with E-state index < -0.39 is 0 Å². The lowest BCUT2D eigenvalue weighted by Gasteiger charge is -2.13. The summed E-state index contributed by atoms with van der Waals surface area (Å²) in [6.45, 7) is 6.39. The minimum absolute atomic E-state index is 0.0949. The molecule has 3 aromatic rings. The van der Waals surface area contributed by atoms with Gasteiger partial charge in [-0.25, -0.2) is 4.39 Å². The molecule has 0 saturated carbocycles. The molecule has 2 aromatic carbocycles. The van der Waals surface area contributed by atoms with Crippen molar-refractivity contribution in [3.63, 3.8) is 0 Å². The number of hydrogen-bond acceptors (Lipinski definition) is 4. The van der Waals surface area contributed by atoms with Crippen molar-refractivity contribution in [2.24, 2.45) is 0 Å². The van der Waals surface area contributed by atoms with Gasteiger partial charge >= 0.3 is 0 Å². The number of hydrogen-bond donors (Lipinski definition) is 1. The van der Waals surface area contributed by atoms with Crippen LogP contribution in [0.15, 0.2) is 72.4 Å². The molecule has 144 valence electrons. The fraction of sp³-hybridized carbons (Fsp3) is 0.190. The summed E-state index contributed by atoms with van der Waals surface area (Å²) in [6.07, 6.45) is 1.64. The third kappa shape index (κ3) is 4.86. The number of carbonyl (C=O) groups excluding carboxylic acids is 1. The number of benzene rings is 2. The zero-order chi connectivity index (χ0) is 19.9. The first kappa shape index (κ1) is 19.8. The maximum absolute atomic E-state index is 13.3. The Morgan fingerprint density at radius 2 is 1.93 bits per heavy atom. The van der Waals surface area contributed by atoms with E-state index in [2.05, 4.69) is 22.1 Å². The second-order valence-electron chi connectivity index (χ2n) is 6.18. The Kier molecular flexibility index (Phi) is 6.60. The Balaban J connectivity index is 1.92. The van der Waals surface area contributed by atoms with Crippen molar-refractivity contribution in [2.75, 3.05) is 6.54 Å². The third-order valence-electron chi connectivity index (χ3n) is 4.07. The molecule has 0 unspecified atom stereocenters. The van der Waals surface area contributed by atoms with Crippen LogP contribution in [0.2, 0.25) is 0 Å². The summed E-state index contributed by atoms with van der Waals surface area (Å²) >= 11 is 1.34. The molecular formula is C21H21FN4OS. The molecule has 5 nitrogen and oxygen atoms in total. The van der Waals surface area contributed by atoms with E-state index in [1.807, 2.05) is 41.8 Å². The van der Waals surface area contributed by atoms with E-state index in [-0.39, 0.29) is 17.0 Å². The van der Waals surface area contributed by atoms with E-state index in [0.29, 0.717) is 24.1 Å². The van der Waals surface area contributed by atoms with Crippen LogP contribution in [-0.4, -0.2) is 32.5 Å². The van der Waals surface area contributed by atoms with Crippen molar-refractivity contribution in [1.29, 1.82) is 0 Å². The van der Waals surface area contributed by atoms with E-state index >= 15 is 0 Å². The smallest absolute Gasteiger partial charge is 0.233 e. The van der Waals surface area contributed by atoms with Crippen molar-refractivity contribution in [3.05, 3.63) is 78.6 Å². The van der Waals surface area contributed by atoms with Gasteiger partial charge in [0.15, 0.2) is 11.0 Å². The van der Waals surface area contributed by atoms with Gasteiger partial charge in [0.2, 0.25) is 5.91 Å². The van der Waals surface area contributed by atoms with Crippen LogP contribution >= 0.6 is 11.8 Å². The normalized spacial score (nSPS) is 11.8. The van der Waals surface area contributed by atoms with Gasteiger partial charge in [0, 0.05) is 12.1 Å². The topological polar surface area (TPSA) is 59.8 Å². The molecule has 0 fully saturated rings. The van der Waals surface area contributed by atoms with Crippen LogP contribution in [0.3, 0.4) is 0 Å². The number of rotatable bonds is 8. The van der Waals surface area contributed by atoms with E-state index in [0.717, 1.165) is 11.1 Å².